The molecule has 0 aliphatic carbocycles. The number of fused-ring (bicyclic) bond motifs is 1. The van der Waals surface area contributed by atoms with E-state index in [2.05, 4.69) is 15.9 Å². The number of halogens is 1. The van der Waals surface area contributed by atoms with Crippen molar-refractivity contribution in [2.45, 2.75) is 6.92 Å². The first-order chi connectivity index (χ1) is 11.6. The van der Waals surface area contributed by atoms with Gasteiger partial charge in [0.05, 0.1) is 23.9 Å². The van der Waals surface area contributed by atoms with E-state index < -0.39 is 0 Å². The Balaban J connectivity index is 2.11. The van der Waals surface area contributed by atoms with Gasteiger partial charge in [-0.3, -0.25) is 4.79 Å². The normalized spacial score (nSPS) is 14.9. The quantitative estimate of drug-likeness (QED) is 0.730. The number of nitrogens with zero attached hydrogens (tertiary/aromatic N) is 1. The lowest BCUT2D eigenvalue weighted by atomic mass is 10.0. The van der Waals surface area contributed by atoms with Gasteiger partial charge in [0.15, 0.2) is 11.5 Å². The minimum Gasteiger partial charge on any atom is -0.492 e. The fraction of sp³-hybridized carbons (Fsp3) is 0.211. The van der Waals surface area contributed by atoms with E-state index in [0.717, 1.165) is 21.3 Å². The minimum atomic E-state index is -0.0129. The molecule has 0 saturated carbocycles. The van der Waals surface area contributed by atoms with Crippen molar-refractivity contribution in [2.24, 2.45) is 0 Å². The van der Waals surface area contributed by atoms with Crippen LogP contribution < -0.4 is 14.4 Å². The molecule has 0 fully saturated rings. The molecular weight excluding hydrogens is 370 g/mol. The molecule has 1 heterocycles. The lowest BCUT2D eigenvalue weighted by Crippen LogP contribution is -2.20. The Bertz CT molecular complexity index is 829. The fourth-order valence-electron chi connectivity index (χ4n) is 2.84. The van der Waals surface area contributed by atoms with Crippen molar-refractivity contribution >= 4 is 39.2 Å². The Kier molecular flexibility index (Phi) is 4.62. The van der Waals surface area contributed by atoms with Crippen molar-refractivity contribution in [1.29, 1.82) is 0 Å². The topological polar surface area (TPSA) is 38.8 Å². The highest BCUT2D eigenvalue weighted by Gasteiger charge is 2.29. The van der Waals surface area contributed by atoms with E-state index in [9.17, 15) is 4.79 Å². The molecule has 0 N–H and O–H groups in total. The number of carbonyl (C=O) groups is 1. The number of amides is 1. The molecule has 0 bridgehead atoms. The number of benzene rings is 2. The fourth-order valence-corrected chi connectivity index (χ4v) is 3.46. The van der Waals surface area contributed by atoms with Crippen molar-refractivity contribution in [1.82, 2.24) is 0 Å². The lowest BCUT2D eigenvalue weighted by Gasteiger charge is -2.12. The Morgan fingerprint density at radius 3 is 2.71 bits per heavy atom. The summed E-state index contributed by atoms with van der Waals surface area (Å²) in [5.74, 6) is 1.28. The van der Waals surface area contributed by atoms with Crippen molar-refractivity contribution in [3.05, 3.63) is 52.0 Å². The highest BCUT2D eigenvalue weighted by Crippen LogP contribution is 2.40. The van der Waals surface area contributed by atoms with Crippen molar-refractivity contribution in [2.75, 3.05) is 25.7 Å². The number of hydrogen-bond donors (Lipinski definition) is 0. The molecule has 5 heteroatoms. The van der Waals surface area contributed by atoms with Gasteiger partial charge in [0.1, 0.15) is 0 Å². The summed E-state index contributed by atoms with van der Waals surface area (Å²) < 4.78 is 11.8. The SMILES string of the molecule is CCOc1cc(/C=C2/C(=O)N(C)c3ccccc32)cc(Br)c1OC. The third kappa shape index (κ3) is 2.80. The van der Waals surface area contributed by atoms with Gasteiger partial charge >= 0.3 is 0 Å². The second-order valence-corrected chi connectivity index (χ2v) is 6.26. The van der Waals surface area contributed by atoms with Crippen LogP contribution in [0, 0.1) is 0 Å². The molecule has 0 radical (unpaired) electrons. The predicted octanol–water partition coefficient (Wildman–Crippen LogP) is 4.37. The number of hydrogen-bond acceptors (Lipinski definition) is 3. The average molecular weight is 388 g/mol. The van der Waals surface area contributed by atoms with Gasteiger partial charge in [-0.1, -0.05) is 18.2 Å². The number of rotatable bonds is 4. The zero-order valence-electron chi connectivity index (χ0n) is 13.8. The second kappa shape index (κ2) is 6.69. The summed E-state index contributed by atoms with van der Waals surface area (Å²) in [7, 11) is 3.39. The van der Waals surface area contributed by atoms with Crippen LogP contribution in [0.15, 0.2) is 40.9 Å². The summed E-state index contributed by atoms with van der Waals surface area (Å²) in [6, 6.07) is 11.6. The largest absolute Gasteiger partial charge is 0.492 e. The number of ether oxygens (including phenoxy) is 2. The van der Waals surface area contributed by atoms with Crippen LogP contribution in [-0.2, 0) is 4.79 Å². The van der Waals surface area contributed by atoms with Crippen molar-refractivity contribution in [3.63, 3.8) is 0 Å². The molecule has 2 aromatic carbocycles. The third-order valence-electron chi connectivity index (χ3n) is 3.94. The number of methoxy groups -OCH3 is 1. The van der Waals surface area contributed by atoms with E-state index in [-0.39, 0.29) is 5.91 Å². The highest BCUT2D eigenvalue weighted by molar-refractivity contribution is 9.10. The van der Waals surface area contributed by atoms with E-state index in [4.69, 9.17) is 9.47 Å². The molecule has 124 valence electrons. The first-order valence-electron chi connectivity index (χ1n) is 7.66. The van der Waals surface area contributed by atoms with Gasteiger partial charge in [-0.25, -0.2) is 0 Å². The number of carbonyl (C=O) groups excluding carboxylic acids is 1. The van der Waals surface area contributed by atoms with E-state index in [1.54, 1.807) is 19.1 Å². The highest BCUT2D eigenvalue weighted by atomic mass is 79.9. The summed E-state index contributed by atoms with van der Waals surface area (Å²) in [6.45, 7) is 2.46. The van der Waals surface area contributed by atoms with E-state index in [1.165, 1.54) is 0 Å². The number of para-hydroxylation sites is 1. The minimum absolute atomic E-state index is 0.0129. The zero-order valence-corrected chi connectivity index (χ0v) is 15.4. The number of anilines is 1. The molecule has 24 heavy (non-hydrogen) atoms. The van der Waals surface area contributed by atoms with E-state index >= 15 is 0 Å². The Labute approximate surface area is 149 Å². The molecule has 0 atom stereocenters. The van der Waals surface area contributed by atoms with Gasteiger partial charge in [-0.2, -0.15) is 0 Å². The van der Waals surface area contributed by atoms with Gasteiger partial charge in [0.25, 0.3) is 5.91 Å². The maximum atomic E-state index is 12.6. The molecule has 0 saturated heterocycles. The maximum Gasteiger partial charge on any atom is 0.258 e. The lowest BCUT2D eigenvalue weighted by molar-refractivity contribution is -0.112. The summed E-state index contributed by atoms with van der Waals surface area (Å²) in [6.07, 6.45) is 1.89. The van der Waals surface area contributed by atoms with Crippen LogP contribution in [0.4, 0.5) is 5.69 Å². The first kappa shape index (κ1) is 16.6. The van der Waals surface area contributed by atoms with Crippen LogP contribution in [0.25, 0.3) is 11.6 Å². The van der Waals surface area contributed by atoms with Gasteiger partial charge in [-0.15, -0.1) is 0 Å². The van der Waals surface area contributed by atoms with Crippen LogP contribution in [0.2, 0.25) is 0 Å². The van der Waals surface area contributed by atoms with Crippen LogP contribution in [-0.4, -0.2) is 26.7 Å². The molecule has 1 aliphatic rings. The first-order valence-corrected chi connectivity index (χ1v) is 8.45. The van der Waals surface area contributed by atoms with Gasteiger partial charge in [0, 0.05) is 18.2 Å². The summed E-state index contributed by atoms with van der Waals surface area (Å²) in [5.41, 5.74) is 3.41. The zero-order chi connectivity index (χ0) is 17.3. The van der Waals surface area contributed by atoms with E-state index in [0.29, 0.717) is 23.7 Å². The molecule has 0 unspecified atom stereocenters. The van der Waals surface area contributed by atoms with Gasteiger partial charge in [0.2, 0.25) is 0 Å². The molecular formula is C19H18BrNO3. The Hall–Kier alpha value is -2.27. The number of likely N-dealkylation sites (N-methyl/N-ethyl adjacent to an activating group) is 1. The summed E-state index contributed by atoms with van der Waals surface area (Å²) in [5, 5.41) is 0. The molecule has 4 nitrogen and oxygen atoms in total. The molecule has 1 aliphatic heterocycles. The Morgan fingerprint density at radius 2 is 2.00 bits per heavy atom. The average Bonchev–Trinajstić information content (AvgIpc) is 2.81. The van der Waals surface area contributed by atoms with Crippen molar-refractivity contribution in [3.8, 4) is 11.5 Å². The monoisotopic (exact) mass is 387 g/mol. The predicted molar refractivity (Wildman–Crippen MR) is 99.6 cm³/mol. The van der Waals surface area contributed by atoms with Crippen LogP contribution in [0.1, 0.15) is 18.1 Å². The van der Waals surface area contributed by atoms with Crippen LogP contribution in [0.5, 0.6) is 11.5 Å². The molecule has 1 amide bonds. The van der Waals surface area contributed by atoms with Crippen LogP contribution >= 0.6 is 15.9 Å². The molecule has 0 aromatic heterocycles. The van der Waals surface area contributed by atoms with Gasteiger partial charge in [-0.05, 0) is 52.7 Å². The smallest absolute Gasteiger partial charge is 0.258 e. The second-order valence-electron chi connectivity index (χ2n) is 5.41. The summed E-state index contributed by atoms with van der Waals surface area (Å²) >= 11 is 3.51. The molecule has 3 rings (SSSR count). The third-order valence-corrected chi connectivity index (χ3v) is 4.53. The van der Waals surface area contributed by atoms with E-state index in [1.807, 2.05) is 49.4 Å². The molecule has 0 spiro atoms. The van der Waals surface area contributed by atoms with Crippen LogP contribution in [0.3, 0.4) is 0 Å². The standard InChI is InChI=1S/C19H18BrNO3/c1-4-24-17-11-12(10-15(20)18(17)23-3)9-14-13-7-5-6-8-16(13)21(2)19(14)22/h5-11H,4H2,1-3H3/b14-9+. The van der Waals surface area contributed by atoms with Gasteiger partial charge < -0.3 is 14.4 Å². The maximum absolute atomic E-state index is 12.6. The molecule has 2 aromatic rings. The summed E-state index contributed by atoms with van der Waals surface area (Å²) in [4.78, 5) is 14.2. The Morgan fingerprint density at radius 1 is 1.25 bits per heavy atom. The van der Waals surface area contributed by atoms with Crippen molar-refractivity contribution < 1.29 is 14.3 Å².